The van der Waals surface area contributed by atoms with Crippen LogP contribution in [-0.4, -0.2) is 49.9 Å². The summed E-state index contributed by atoms with van der Waals surface area (Å²) in [7, 11) is 0. The number of phenolic OH excluding ortho intramolecular Hbond substituents is 1. The highest BCUT2D eigenvalue weighted by Gasteiger charge is 2.34. The van der Waals surface area contributed by atoms with Gasteiger partial charge in [0.25, 0.3) is 0 Å². The first-order valence-electron chi connectivity index (χ1n) is 11.0. The minimum absolute atomic E-state index is 0.0212. The minimum Gasteiger partial charge on any atom is -0.508 e. The molecule has 1 unspecified atom stereocenters. The zero-order valence-electron chi connectivity index (χ0n) is 19.0. The number of benzene rings is 1. The summed E-state index contributed by atoms with van der Waals surface area (Å²) in [4.78, 5) is 7.17. The molecule has 6 nitrogen and oxygen atoms in total. The summed E-state index contributed by atoms with van der Waals surface area (Å²) in [6, 6.07) is 6.57. The molecule has 2 aromatic heterocycles. The van der Waals surface area contributed by atoms with E-state index in [2.05, 4.69) is 60.0 Å². The number of piperazine rings is 1. The van der Waals surface area contributed by atoms with Crippen LogP contribution in [0.15, 0.2) is 24.3 Å². The lowest BCUT2D eigenvalue weighted by Gasteiger charge is -2.46. The van der Waals surface area contributed by atoms with Gasteiger partial charge in [0.2, 0.25) is 0 Å². The summed E-state index contributed by atoms with van der Waals surface area (Å²) in [5.74, 6) is -0.0873. The van der Waals surface area contributed by atoms with Crippen LogP contribution in [0.2, 0.25) is 0 Å². The van der Waals surface area contributed by atoms with Gasteiger partial charge in [-0.05, 0) is 49.9 Å². The van der Waals surface area contributed by atoms with Crippen molar-refractivity contribution in [1.29, 1.82) is 0 Å². The van der Waals surface area contributed by atoms with Crippen LogP contribution in [0, 0.1) is 11.7 Å². The fourth-order valence-electron chi connectivity index (χ4n) is 4.64. The molecular weight excluding hydrogens is 393 g/mol. The quantitative estimate of drug-likeness (QED) is 0.570. The van der Waals surface area contributed by atoms with Gasteiger partial charge in [0.05, 0.1) is 5.69 Å². The van der Waals surface area contributed by atoms with Gasteiger partial charge in [0.1, 0.15) is 11.6 Å². The van der Waals surface area contributed by atoms with E-state index in [1.165, 1.54) is 6.07 Å². The molecule has 0 radical (unpaired) electrons. The SMILES string of the molecule is CCc1[nH]nc2nc(-c3ccc(O)cc3F)cc(CN3CC(C)(C)NCC3C(C)C)c12. The average molecular weight is 426 g/mol. The molecule has 1 atom stereocenters. The Labute approximate surface area is 182 Å². The number of hydrogen-bond donors (Lipinski definition) is 3. The van der Waals surface area contributed by atoms with E-state index >= 15 is 0 Å². The molecule has 4 rings (SSSR count). The fourth-order valence-corrected chi connectivity index (χ4v) is 4.64. The third kappa shape index (κ3) is 4.29. The minimum atomic E-state index is -0.493. The Balaban J connectivity index is 1.82. The van der Waals surface area contributed by atoms with Crippen LogP contribution >= 0.6 is 0 Å². The summed E-state index contributed by atoms with van der Waals surface area (Å²) in [5.41, 5.74) is 3.67. The van der Waals surface area contributed by atoms with E-state index in [1.807, 2.05) is 6.07 Å². The second-order valence-corrected chi connectivity index (χ2v) is 9.57. The smallest absolute Gasteiger partial charge is 0.182 e. The van der Waals surface area contributed by atoms with Crippen LogP contribution in [0.4, 0.5) is 4.39 Å². The highest BCUT2D eigenvalue weighted by Crippen LogP contribution is 2.31. The molecule has 7 heteroatoms. The van der Waals surface area contributed by atoms with Crippen LogP contribution in [0.5, 0.6) is 5.75 Å². The first-order chi connectivity index (χ1) is 14.7. The van der Waals surface area contributed by atoms with E-state index < -0.39 is 5.82 Å². The van der Waals surface area contributed by atoms with E-state index in [0.717, 1.165) is 48.8 Å². The van der Waals surface area contributed by atoms with Gasteiger partial charge < -0.3 is 10.4 Å². The number of nitrogens with one attached hydrogen (secondary N) is 2. The van der Waals surface area contributed by atoms with E-state index in [0.29, 0.717) is 28.9 Å². The van der Waals surface area contributed by atoms with E-state index in [1.54, 1.807) is 6.07 Å². The van der Waals surface area contributed by atoms with Crippen LogP contribution in [0.3, 0.4) is 0 Å². The van der Waals surface area contributed by atoms with Crippen molar-refractivity contribution in [3.8, 4) is 17.0 Å². The maximum absolute atomic E-state index is 14.6. The lowest BCUT2D eigenvalue weighted by atomic mass is 9.92. The van der Waals surface area contributed by atoms with Crippen molar-refractivity contribution in [1.82, 2.24) is 25.4 Å². The molecule has 1 aromatic carbocycles. The molecule has 0 saturated carbocycles. The summed E-state index contributed by atoms with van der Waals surface area (Å²) in [6.45, 7) is 13.7. The lowest BCUT2D eigenvalue weighted by molar-refractivity contribution is 0.0631. The maximum atomic E-state index is 14.6. The van der Waals surface area contributed by atoms with Gasteiger partial charge >= 0.3 is 0 Å². The van der Waals surface area contributed by atoms with Crippen molar-refractivity contribution in [3.05, 3.63) is 41.3 Å². The topological polar surface area (TPSA) is 77.1 Å². The normalized spacial score (nSPS) is 19.4. The van der Waals surface area contributed by atoms with Gasteiger partial charge in [-0.15, -0.1) is 0 Å². The Morgan fingerprint density at radius 2 is 2.06 bits per heavy atom. The molecule has 0 aliphatic carbocycles. The molecule has 1 aliphatic heterocycles. The molecule has 1 fully saturated rings. The van der Waals surface area contributed by atoms with Crippen LogP contribution in [0.25, 0.3) is 22.3 Å². The molecule has 3 heterocycles. The summed E-state index contributed by atoms with van der Waals surface area (Å²) < 4.78 is 14.6. The molecule has 1 aliphatic rings. The van der Waals surface area contributed by atoms with Crippen molar-refractivity contribution in [2.75, 3.05) is 13.1 Å². The molecule has 0 spiro atoms. The number of aromatic amines is 1. The van der Waals surface area contributed by atoms with Crippen LogP contribution in [0.1, 0.15) is 45.9 Å². The molecule has 0 amide bonds. The third-order valence-electron chi connectivity index (χ3n) is 6.26. The summed E-state index contributed by atoms with van der Waals surface area (Å²) in [6.07, 6.45) is 0.818. The van der Waals surface area contributed by atoms with Gasteiger partial charge in [-0.1, -0.05) is 20.8 Å². The van der Waals surface area contributed by atoms with Gasteiger partial charge in [-0.3, -0.25) is 10.00 Å². The monoisotopic (exact) mass is 425 g/mol. The van der Waals surface area contributed by atoms with Crippen molar-refractivity contribution in [2.45, 2.75) is 59.2 Å². The predicted octanol–water partition coefficient (Wildman–Crippen LogP) is 4.24. The Hall–Kier alpha value is -2.51. The van der Waals surface area contributed by atoms with Crippen LogP contribution < -0.4 is 5.32 Å². The zero-order chi connectivity index (χ0) is 22.3. The number of aryl methyl sites for hydroxylation is 1. The first-order valence-corrected chi connectivity index (χ1v) is 11.0. The van der Waals surface area contributed by atoms with E-state index in [9.17, 15) is 9.50 Å². The number of nitrogens with zero attached hydrogens (tertiary/aromatic N) is 3. The Morgan fingerprint density at radius 1 is 1.29 bits per heavy atom. The zero-order valence-corrected chi connectivity index (χ0v) is 19.0. The Morgan fingerprint density at radius 3 is 2.74 bits per heavy atom. The number of halogens is 1. The molecule has 3 aromatic rings. The summed E-state index contributed by atoms with van der Waals surface area (Å²) >= 11 is 0. The molecule has 31 heavy (non-hydrogen) atoms. The van der Waals surface area contributed by atoms with Crippen LogP contribution in [-0.2, 0) is 13.0 Å². The Bertz CT molecular complexity index is 1090. The van der Waals surface area contributed by atoms with Gasteiger partial charge in [0.15, 0.2) is 5.65 Å². The van der Waals surface area contributed by atoms with Gasteiger partial charge in [-0.2, -0.15) is 5.10 Å². The summed E-state index contributed by atoms with van der Waals surface area (Å²) in [5, 5.41) is 21.8. The number of rotatable bonds is 5. The van der Waals surface area contributed by atoms with Crippen molar-refractivity contribution in [2.24, 2.45) is 5.92 Å². The largest absolute Gasteiger partial charge is 0.508 e. The van der Waals surface area contributed by atoms with Crippen molar-refractivity contribution >= 4 is 11.0 Å². The standard InChI is InChI=1S/C24H32FN5O/c1-6-19-22-15(12-30-13-24(4,5)26-11-21(30)14(2)3)9-20(27-23(22)29-28-19)17-8-7-16(31)10-18(17)25/h7-10,14,21,26,31H,6,11-13H2,1-5H3,(H,27,28,29). The predicted molar refractivity (Wildman–Crippen MR) is 121 cm³/mol. The second kappa shape index (κ2) is 8.20. The highest BCUT2D eigenvalue weighted by molar-refractivity contribution is 5.85. The van der Waals surface area contributed by atoms with Gasteiger partial charge in [-0.25, -0.2) is 9.37 Å². The number of pyridine rings is 1. The number of fused-ring (bicyclic) bond motifs is 1. The van der Waals surface area contributed by atoms with Crippen molar-refractivity contribution in [3.63, 3.8) is 0 Å². The molecular formula is C24H32FN5O. The van der Waals surface area contributed by atoms with E-state index in [4.69, 9.17) is 0 Å². The molecule has 1 saturated heterocycles. The molecule has 3 N–H and O–H groups in total. The second-order valence-electron chi connectivity index (χ2n) is 9.57. The number of phenols is 1. The van der Waals surface area contributed by atoms with E-state index in [-0.39, 0.29) is 11.3 Å². The Kier molecular flexibility index (Phi) is 5.75. The molecule has 0 bridgehead atoms. The molecule has 166 valence electrons. The number of aromatic hydroxyl groups is 1. The lowest BCUT2D eigenvalue weighted by Crippen LogP contribution is -2.62. The van der Waals surface area contributed by atoms with Crippen molar-refractivity contribution < 1.29 is 9.50 Å². The average Bonchev–Trinajstić information content (AvgIpc) is 3.10. The number of hydrogen-bond acceptors (Lipinski definition) is 5. The maximum Gasteiger partial charge on any atom is 0.182 e. The first kappa shape index (κ1) is 21.7. The highest BCUT2D eigenvalue weighted by atomic mass is 19.1. The number of aromatic nitrogens is 3. The fraction of sp³-hybridized carbons (Fsp3) is 0.500. The number of H-pyrrole nitrogens is 1. The van der Waals surface area contributed by atoms with Gasteiger partial charge in [0, 0.05) is 53.9 Å². The third-order valence-corrected chi connectivity index (χ3v) is 6.26.